The third kappa shape index (κ3) is 7.13. The lowest BCUT2D eigenvalue weighted by molar-refractivity contribution is 1.43. The van der Waals surface area contributed by atoms with Crippen LogP contribution in [0.15, 0.2) is 97.1 Å². The standard InChI is InChI=1S/C52H34N8Si2/c1-57-37-22-35(23-38(24-37)58-2)45(29-55)49-43-25-41-42(26-44(43)52(60-4)48(49)34-13-17-40(18-14-34)62(8,9)10)50(51(59-3)36-20-31(27-53)19-32(21-36)28-54)47(46(41)30-56)33-11-15-39(16-12-33)61(5,6)7/h11-26H,5-10H3/b49-45-,51-50+. The Morgan fingerprint density at radius 1 is 0.500 bits per heavy atom. The molecule has 0 atom stereocenters. The van der Waals surface area contributed by atoms with E-state index in [1.54, 1.807) is 24.3 Å². The van der Waals surface area contributed by atoms with Crippen molar-refractivity contribution in [1.82, 2.24) is 0 Å². The van der Waals surface area contributed by atoms with Crippen LogP contribution in [0.5, 0.6) is 0 Å². The highest BCUT2D eigenvalue weighted by Crippen LogP contribution is 2.56. The molecule has 0 radical (unpaired) electrons. The van der Waals surface area contributed by atoms with E-state index in [-0.39, 0.29) is 45.0 Å². The zero-order chi connectivity index (χ0) is 44.7. The molecule has 0 N–H and O–H groups in total. The van der Waals surface area contributed by atoms with E-state index >= 15 is 0 Å². The maximum Gasteiger partial charge on any atom is 0.203 e. The first-order valence-electron chi connectivity index (χ1n) is 19.4. The highest BCUT2D eigenvalue weighted by atomic mass is 28.3. The van der Waals surface area contributed by atoms with Crippen molar-refractivity contribution in [2.45, 2.75) is 39.3 Å². The van der Waals surface area contributed by atoms with E-state index < -0.39 is 16.1 Å². The fourth-order valence-corrected chi connectivity index (χ4v) is 10.4. The fourth-order valence-electron chi connectivity index (χ4n) is 8.07. The largest absolute Gasteiger partial charge is 0.239 e. The SMILES string of the molecule is [C-]#[N+]C1=C(c2ccc([Si](C)(C)C)cc2)/C(=C(/C#N)c2cc([N+]#[C-])cc([N+]#[C-])c2)c2cc3c(cc21)/C(=C(\[N+]#[C-])c1cc(C#N)cc(C#N)c1)C(c1ccc([Si](C)(C)C)cc1)=C3C#N. The van der Waals surface area contributed by atoms with Gasteiger partial charge < -0.3 is 0 Å². The highest BCUT2D eigenvalue weighted by molar-refractivity contribution is 6.89. The van der Waals surface area contributed by atoms with Gasteiger partial charge in [-0.25, -0.2) is 19.4 Å². The summed E-state index contributed by atoms with van der Waals surface area (Å²) in [5.74, 6) is 0. The van der Waals surface area contributed by atoms with Gasteiger partial charge in [0.25, 0.3) is 0 Å². The van der Waals surface area contributed by atoms with Crippen molar-refractivity contribution in [2.24, 2.45) is 0 Å². The molecule has 8 nitrogen and oxygen atoms in total. The molecule has 0 aromatic heterocycles. The predicted octanol–water partition coefficient (Wildman–Crippen LogP) is 12.1. The molecule has 2 aliphatic carbocycles. The van der Waals surface area contributed by atoms with Gasteiger partial charge in [-0.05, 0) is 91.1 Å². The van der Waals surface area contributed by atoms with Gasteiger partial charge in [0.1, 0.15) is 12.1 Å². The topological polar surface area (TPSA) is 113 Å². The molecular formula is C52H34N8Si2. The van der Waals surface area contributed by atoms with Crippen molar-refractivity contribution in [3.05, 3.63) is 198 Å². The molecule has 10 heteroatoms. The first-order valence-corrected chi connectivity index (χ1v) is 26.4. The molecule has 290 valence electrons. The molecule has 0 saturated carbocycles. The zero-order valence-electron chi connectivity index (χ0n) is 34.8. The molecule has 0 bridgehead atoms. The van der Waals surface area contributed by atoms with E-state index in [1.165, 1.54) is 22.5 Å². The van der Waals surface area contributed by atoms with Gasteiger partial charge in [0.05, 0.1) is 76.8 Å². The third-order valence-corrected chi connectivity index (χ3v) is 15.3. The van der Waals surface area contributed by atoms with Crippen LogP contribution in [0.4, 0.5) is 11.4 Å². The van der Waals surface area contributed by atoms with Crippen LogP contribution in [-0.2, 0) is 0 Å². The van der Waals surface area contributed by atoms with E-state index in [0.717, 1.165) is 0 Å². The number of allylic oxidation sites excluding steroid dienone is 6. The zero-order valence-corrected chi connectivity index (χ0v) is 36.8. The van der Waals surface area contributed by atoms with E-state index in [2.05, 4.69) is 107 Å². The number of benzene rings is 5. The molecule has 0 spiro atoms. The Bertz CT molecular complexity index is 3020. The molecule has 5 aromatic rings. The van der Waals surface area contributed by atoms with Crippen LogP contribution in [0.3, 0.4) is 0 Å². The summed E-state index contributed by atoms with van der Waals surface area (Å²) < 4.78 is 0. The van der Waals surface area contributed by atoms with Crippen LogP contribution >= 0.6 is 0 Å². The molecule has 62 heavy (non-hydrogen) atoms. The summed E-state index contributed by atoms with van der Waals surface area (Å²) in [6.45, 7) is 46.3. The second-order valence-electron chi connectivity index (χ2n) is 17.0. The Morgan fingerprint density at radius 2 is 1.00 bits per heavy atom. The monoisotopic (exact) mass is 826 g/mol. The first-order chi connectivity index (χ1) is 29.6. The molecule has 2 aliphatic rings. The fraction of sp³-hybridized carbons (Fsp3) is 0.115. The maximum atomic E-state index is 11.2. The van der Waals surface area contributed by atoms with Gasteiger partial charge in [0.15, 0.2) is 11.4 Å². The van der Waals surface area contributed by atoms with Gasteiger partial charge in [-0.15, -0.1) is 0 Å². The minimum absolute atomic E-state index is 0.124. The van der Waals surface area contributed by atoms with Gasteiger partial charge in [0.2, 0.25) is 11.4 Å². The summed E-state index contributed by atoms with van der Waals surface area (Å²) in [6.07, 6.45) is 0. The quantitative estimate of drug-likeness (QED) is 0.0963. The van der Waals surface area contributed by atoms with E-state index in [4.69, 9.17) is 26.3 Å². The lowest BCUT2D eigenvalue weighted by Crippen LogP contribution is -2.37. The summed E-state index contributed by atoms with van der Waals surface area (Å²) in [4.78, 5) is 15.3. The Morgan fingerprint density at radius 3 is 1.44 bits per heavy atom. The average molecular weight is 827 g/mol. The molecule has 5 aromatic carbocycles. The lowest BCUT2D eigenvalue weighted by atomic mass is 9.88. The number of hydrogen-bond donors (Lipinski definition) is 0. The molecule has 7 rings (SSSR count). The Balaban J connectivity index is 1.65. The third-order valence-electron chi connectivity index (χ3n) is 11.1. The Hall–Kier alpha value is -8.59. The van der Waals surface area contributed by atoms with Crippen LogP contribution in [0.2, 0.25) is 39.3 Å². The number of hydrogen-bond acceptors (Lipinski definition) is 4. The molecule has 0 fully saturated rings. The van der Waals surface area contributed by atoms with Gasteiger partial charge in [0, 0.05) is 0 Å². The molecule has 0 amide bonds. The lowest BCUT2D eigenvalue weighted by Gasteiger charge is -2.18. The molecule has 0 saturated heterocycles. The van der Waals surface area contributed by atoms with Crippen molar-refractivity contribution >= 4 is 82.7 Å². The van der Waals surface area contributed by atoms with Crippen molar-refractivity contribution in [3.63, 3.8) is 0 Å². The second kappa shape index (κ2) is 15.9. The minimum Gasteiger partial charge on any atom is -0.239 e. The summed E-state index contributed by atoms with van der Waals surface area (Å²) in [5.41, 5.74) is 7.46. The van der Waals surface area contributed by atoms with Crippen molar-refractivity contribution in [2.75, 3.05) is 0 Å². The van der Waals surface area contributed by atoms with Crippen molar-refractivity contribution in [1.29, 1.82) is 21.0 Å². The number of fused-ring (bicyclic) bond motifs is 2. The van der Waals surface area contributed by atoms with Gasteiger partial charge >= 0.3 is 0 Å². The van der Waals surface area contributed by atoms with Crippen LogP contribution in [0, 0.1) is 71.6 Å². The number of nitrogens with zero attached hydrogens (tertiary/aromatic N) is 8. The van der Waals surface area contributed by atoms with Crippen molar-refractivity contribution in [3.8, 4) is 24.3 Å². The summed E-state index contributed by atoms with van der Waals surface area (Å²) in [5, 5.41) is 44.5. The summed E-state index contributed by atoms with van der Waals surface area (Å²) >= 11 is 0. The molecule has 0 heterocycles. The van der Waals surface area contributed by atoms with Gasteiger partial charge in [-0.2, -0.15) is 21.0 Å². The predicted molar refractivity (Wildman–Crippen MR) is 252 cm³/mol. The van der Waals surface area contributed by atoms with E-state index in [0.29, 0.717) is 66.8 Å². The van der Waals surface area contributed by atoms with E-state index in [9.17, 15) is 21.0 Å². The second-order valence-corrected chi connectivity index (χ2v) is 27.1. The van der Waals surface area contributed by atoms with Gasteiger partial charge in [-0.1, -0.05) is 122 Å². The number of rotatable bonds is 6. The van der Waals surface area contributed by atoms with Crippen LogP contribution < -0.4 is 10.4 Å². The smallest absolute Gasteiger partial charge is 0.203 e. The van der Waals surface area contributed by atoms with Crippen LogP contribution in [-0.4, -0.2) is 16.1 Å². The van der Waals surface area contributed by atoms with Crippen molar-refractivity contribution < 1.29 is 0 Å². The normalized spacial score (nSPS) is 14.4. The maximum absolute atomic E-state index is 11.2. The average Bonchev–Trinajstić information content (AvgIpc) is 3.76. The molecular weight excluding hydrogens is 793 g/mol. The Kier molecular flexibility index (Phi) is 10.6. The molecule has 0 unspecified atom stereocenters. The summed E-state index contributed by atoms with van der Waals surface area (Å²) in [6, 6.07) is 37.9. The highest BCUT2D eigenvalue weighted by Gasteiger charge is 2.38. The van der Waals surface area contributed by atoms with E-state index in [1.807, 2.05) is 36.4 Å². The number of nitriles is 4. The van der Waals surface area contributed by atoms with Crippen LogP contribution in [0.1, 0.15) is 55.6 Å². The minimum atomic E-state index is -1.74. The Labute approximate surface area is 364 Å². The first kappa shape index (κ1) is 41.6. The van der Waals surface area contributed by atoms with Gasteiger partial charge in [-0.3, -0.25) is 0 Å². The summed E-state index contributed by atoms with van der Waals surface area (Å²) in [7, 11) is -3.47. The molecule has 0 aliphatic heterocycles. The van der Waals surface area contributed by atoms with Crippen LogP contribution in [0.25, 0.3) is 64.2 Å².